The molecule has 6 heteroatoms. The topological polar surface area (TPSA) is 71.3 Å². The van der Waals surface area contributed by atoms with Gasteiger partial charge in [0.15, 0.2) is 5.82 Å². The Morgan fingerprint density at radius 3 is 2.68 bits per heavy atom. The Kier molecular flexibility index (Phi) is 5.77. The number of aromatic nitrogens is 2. The van der Waals surface area contributed by atoms with E-state index in [-0.39, 0.29) is 11.3 Å². The lowest BCUT2D eigenvalue weighted by Gasteiger charge is -2.26. The third-order valence-electron chi connectivity index (χ3n) is 5.70. The van der Waals surface area contributed by atoms with Crippen molar-refractivity contribution < 1.29 is 9.32 Å². The van der Waals surface area contributed by atoms with E-state index in [0.717, 1.165) is 32.5 Å². The molecule has 2 fully saturated rings. The van der Waals surface area contributed by atoms with Gasteiger partial charge in [-0.3, -0.25) is 4.79 Å². The average Bonchev–Trinajstić information content (AvgIpc) is 2.97. The lowest BCUT2D eigenvalue weighted by molar-refractivity contribution is -0.134. The van der Waals surface area contributed by atoms with Crippen LogP contribution in [0.5, 0.6) is 0 Å². The van der Waals surface area contributed by atoms with Crippen molar-refractivity contribution in [2.75, 3.05) is 19.6 Å². The lowest BCUT2D eigenvalue weighted by atomic mass is 10.1. The summed E-state index contributed by atoms with van der Waals surface area (Å²) in [6.07, 6.45) is 7.22. The number of carbonyl (C=O) groups excluding carboxylic acids is 1. The first kappa shape index (κ1) is 18.4. The molecule has 0 unspecified atom stereocenters. The van der Waals surface area contributed by atoms with Gasteiger partial charge >= 0.3 is 0 Å². The molecule has 1 heterocycles. The Morgan fingerprint density at radius 2 is 2.08 bits per heavy atom. The van der Waals surface area contributed by atoms with Crippen LogP contribution < -0.4 is 5.32 Å². The maximum atomic E-state index is 12.9. The number of carbonyl (C=O) groups is 1. The molecular weight excluding hydrogens is 316 g/mol. The van der Waals surface area contributed by atoms with Crippen molar-refractivity contribution >= 4 is 5.91 Å². The van der Waals surface area contributed by atoms with E-state index in [1.54, 1.807) is 0 Å². The molecule has 2 aliphatic carbocycles. The van der Waals surface area contributed by atoms with Crippen LogP contribution in [0.25, 0.3) is 0 Å². The highest BCUT2D eigenvalue weighted by Gasteiger charge is 2.51. The van der Waals surface area contributed by atoms with Crippen molar-refractivity contribution in [3.8, 4) is 0 Å². The van der Waals surface area contributed by atoms with Gasteiger partial charge in [-0.05, 0) is 50.5 Å². The van der Waals surface area contributed by atoms with E-state index >= 15 is 0 Å². The van der Waals surface area contributed by atoms with Gasteiger partial charge in [0.05, 0.1) is 6.54 Å². The summed E-state index contributed by atoms with van der Waals surface area (Å²) in [4.78, 5) is 19.2. The van der Waals surface area contributed by atoms with Crippen molar-refractivity contribution in [3.63, 3.8) is 0 Å². The number of aryl methyl sites for hydroxylation is 1. The number of rotatable bonds is 9. The molecule has 1 aromatic heterocycles. The van der Waals surface area contributed by atoms with Gasteiger partial charge < -0.3 is 14.7 Å². The van der Waals surface area contributed by atoms with Crippen LogP contribution in [-0.4, -0.2) is 40.6 Å². The molecule has 1 N–H and O–H groups in total. The second kappa shape index (κ2) is 7.85. The molecule has 3 rings (SSSR count). The largest absolute Gasteiger partial charge is 0.342 e. The molecule has 140 valence electrons. The minimum atomic E-state index is 0.207. The smallest absolute Gasteiger partial charge is 0.240 e. The third-order valence-corrected chi connectivity index (χ3v) is 5.70. The van der Waals surface area contributed by atoms with E-state index < -0.39 is 0 Å². The number of nitrogens with one attached hydrogen (secondary N) is 1. The van der Waals surface area contributed by atoms with Gasteiger partial charge in [0.1, 0.15) is 0 Å². The number of hydrogen-bond donors (Lipinski definition) is 1. The molecule has 2 saturated carbocycles. The standard InChI is InChI=1S/C19H32N4O2/c1-14-21-17(25-22-14)12-20-9-6-10-23(13-15-7-4-5-8-15)18(24)16-11-19(16,2)3/h15-16,20H,4-13H2,1-3H3/t16-/m0/s1. The molecule has 2 aliphatic rings. The van der Waals surface area contributed by atoms with Crippen LogP contribution in [0.3, 0.4) is 0 Å². The second-order valence-corrected chi connectivity index (χ2v) is 8.45. The first-order chi connectivity index (χ1) is 12.0. The van der Waals surface area contributed by atoms with Crippen molar-refractivity contribution in [1.29, 1.82) is 0 Å². The average molecular weight is 348 g/mol. The number of hydrogen-bond acceptors (Lipinski definition) is 5. The zero-order valence-corrected chi connectivity index (χ0v) is 15.9. The molecule has 0 aromatic carbocycles. The Morgan fingerprint density at radius 1 is 1.36 bits per heavy atom. The van der Waals surface area contributed by atoms with E-state index in [2.05, 4.69) is 34.2 Å². The summed E-state index contributed by atoms with van der Waals surface area (Å²) < 4.78 is 5.09. The molecule has 1 atom stereocenters. The number of nitrogens with zero attached hydrogens (tertiary/aromatic N) is 3. The minimum Gasteiger partial charge on any atom is -0.342 e. The van der Waals surface area contributed by atoms with Crippen LogP contribution in [0.1, 0.15) is 64.1 Å². The first-order valence-corrected chi connectivity index (χ1v) is 9.74. The third kappa shape index (κ3) is 5.03. The van der Waals surface area contributed by atoms with Gasteiger partial charge in [-0.2, -0.15) is 4.98 Å². The van der Waals surface area contributed by atoms with Crippen LogP contribution in [0.4, 0.5) is 0 Å². The Balaban J connectivity index is 1.43. The molecule has 0 aliphatic heterocycles. The summed E-state index contributed by atoms with van der Waals surface area (Å²) >= 11 is 0. The summed E-state index contributed by atoms with van der Waals surface area (Å²) in [5.41, 5.74) is 0.207. The van der Waals surface area contributed by atoms with Gasteiger partial charge in [0.2, 0.25) is 11.8 Å². The maximum absolute atomic E-state index is 12.9. The maximum Gasteiger partial charge on any atom is 0.240 e. The molecule has 1 aromatic rings. The summed E-state index contributed by atoms with van der Waals surface area (Å²) in [6.45, 7) is 9.47. The van der Waals surface area contributed by atoms with Gasteiger partial charge in [-0.15, -0.1) is 0 Å². The molecule has 25 heavy (non-hydrogen) atoms. The van der Waals surface area contributed by atoms with Crippen LogP contribution in [0.15, 0.2) is 4.52 Å². The van der Waals surface area contributed by atoms with Gasteiger partial charge in [-0.1, -0.05) is 31.8 Å². The Hall–Kier alpha value is -1.43. The van der Waals surface area contributed by atoms with Crippen LogP contribution >= 0.6 is 0 Å². The summed E-state index contributed by atoms with van der Waals surface area (Å²) in [7, 11) is 0. The van der Waals surface area contributed by atoms with E-state index in [4.69, 9.17) is 4.52 Å². The van der Waals surface area contributed by atoms with Gasteiger partial charge in [0, 0.05) is 19.0 Å². The number of amides is 1. The predicted octanol–water partition coefficient (Wildman–Crippen LogP) is 2.92. The highest BCUT2D eigenvalue weighted by molar-refractivity contribution is 5.82. The van der Waals surface area contributed by atoms with E-state index in [9.17, 15) is 4.79 Å². The van der Waals surface area contributed by atoms with E-state index in [1.165, 1.54) is 25.7 Å². The highest BCUT2D eigenvalue weighted by Crippen LogP contribution is 2.52. The molecule has 0 radical (unpaired) electrons. The monoisotopic (exact) mass is 348 g/mol. The predicted molar refractivity (Wildman–Crippen MR) is 95.8 cm³/mol. The van der Waals surface area contributed by atoms with Crippen molar-refractivity contribution in [2.45, 2.75) is 65.8 Å². The van der Waals surface area contributed by atoms with Crippen molar-refractivity contribution in [1.82, 2.24) is 20.4 Å². The normalized spacial score (nSPS) is 22.3. The molecule has 0 saturated heterocycles. The minimum absolute atomic E-state index is 0.207. The fraction of sp³-hybridized carbons (Fsp3) is 0.842. The fourth-order valence-corrected chi connectivity index (χ4v) is 3.91. The molecular formula is C19H32N4O2. The van der Waals surface area contributed by atoms with Crippen LogP contribution in [-0.2, 0) is 11.3 Å². The fourth-order valence-electron chi connectivity index (χ4n) is 3.91. The Labute approximate surface area is 150 Å². The summed E-state index contributed by atoms with van der Waals surface area (Å²) in [6, 6.07) is 0. The van der Waals surface area contributed by atoms with Crippen molar-refractivity contribution in [2.24, 2.45) is 17.3 Å². The quantitative estimate of drug-likeness (QED) is 0.695. The van der Waals surface area contributed by atoms with Crippen LogP contribution in [0.2, 0.25) is 0 Å². The first-order valence-electron chi connectivity index (χ1n) is 9.74. The van der Waals surface area contributed by atoms with Crippen LogP contribution in [0, 0.1) is 24.2 Å². The summed E-state index contributed by atoms with van der Waals surface area (Å²) in [5, 5.41) is 7.12. The zero-order chi connectivity index (χ0) is 17.9. The van der Waals surface area contributed by atoms with Crippen molar-refractivity contribution in [3.05, 3.63) is 11.7 Å². The SMILES string of the molecule is Cc1noc(CNCCCN(CC2CCCC2)C(=O)[C@@H]2CC2(C)C)n1. The second-order valence-electron chi connectivity index (χ2n) is 8.45. The van der Waals surface area contributed by atoms with E-state index in [1.807, 2.05) is 6.92 Å². The molecule has 0 bridgehead atoms. The molecule has 6 nitrogen and oxygen atoms in total. The molecule has 1 amide bonds. The summed E-state index contributed by atoms with van der Waals surface area (Å²) in [5.74, 6) is 2.61. The zero-order valence-electron chi connectivity index (χ0n) is 15.9. The lowest BCUT2D eigenvalue weighted by Crippen LogP contribution is -2.38. The highest BCUT2D eigenvalue weighted by atomic mass is 16.5. The Bertz CT molecular complexity index is 578. The molecule has 0 spiro atoms. The van der Waals surface area contributed by atoms with Gasteiger partial charge in [-0.25, -0.2) is 0 Å². The van der Waals surface area contributed by atoms with Gasteiger partial charge in [0.25, 0.3) is 0 Å². The van der Waals surface area contributed by atoms with E-state index in [0.29, 0.717) is 30.1 Å².